The highest BCUT2D eigenvalue weighted by atomic mass is 35.5. The number of allylic oxidation sites excluding steroid dienone is 3. The van der Waals surface area contributed by atoms with Crippen molar-refractivity contribution in [3.05, 3.63) is 86.6 Å². The molecule has 1 aliphatic carbocycles. The summed E-state index contributed by atoms with van der Waals surface area (Å²) in [6.45, 7) is 2.45. The molecule has 158 valence electrons. The molecule has 1 aliphatic heterocycles. The molecule has 4 rings (SSSR count). The molecule has 1 heterocycles. The topological polar surface area (TPSA) is 62.1 Å². The third-order valence-electron chi connectivity index (χ3n) is 5.52. The van der Waals surface area contributed by atoms with Crippen LogP contribution in [0.25, 0.3) is 0 Å². The molecule has 0 amide bonds. The number of nitriles is 1. The lowest BCUT2D eigenvalue weighted by molar-refractivity contribution is -0.116. The van der Waals surface area contributed by atoms with Gasteiger partial charge in [0.05, 0.1) is 29.2 Å². The number of nitrogens with zero attached hydrogens (tertiary/aromatic N) is 1. The highest BCUT2D eigenvalue weighted by Gasteiger charge is 2.38. The number of halogens is 1. The summed E-state index contributed by atoms with van der Waals surface area (Å²) < 4.78 is 5.87. The number of Topliss-reactive ketones (excluding diaryl/α,β-unsaturated/α-hetero) is 1. The van der Waals surface area contributed by atoms with Gasteiger partial charge in [0.2, 0.25) is 0 Å². The number of hydrogen-bond acceptors (Lipinski definition) is 5. The Morgan fingerprint density at radius 3 is 2.74 bits per heavy atom. The minimum absolute atomic E-state index is 0.105. The van der Waals surface area contributed by atoms with Gasteiger partial charge >= 0.3 is 0 Å². The number of ketones is 1. The van der Waals surface area contributed by atoms with Crippen LogP contribution in [0.1, 0.15) is 43.2 Å². The van der Waals surface area contributed by atoms with Gasteiger partial charge in [-0.1, -0.05) is 48.0 Å². The fraction of sp³-hybridized carbons (Fsp3) is 0.280. The van der Waals surface area contributed by atoms with Crippen LogP contribution in [-0.2, 0) is 10.5 Å². The first-order valence-electron chi connectivity index (χ1n) is 10.4. The van der Waals surface area contributed by atoms with E-state index in [-0.39, 0.29) is 5.78 Å². The molecule has 4 nitrogen and oxygen atoms in total. The SMILES string of the molecule is CCOc1ccccc1C1C(C#N)=C(SCc2ccccc2Cl)NC2=C1C(=O)CCC2. The van der Waals surface area contributed by atoms with Gasteiger partial charge in [-0.3, -0.25) is 4.79 Å². The maximum atomic E-state index is 13.0. The quantitative estimate of drug-likeness (QED) is 0.576. The van der Waals surface area contributed by atoms with Gasteiger partial charge in [-0.15, -0.1) is 11.8 Å². The van der Waals surface area contributed by atoms with Gasteiger partial charge in [0.1, 0.15) is 5.75 Å². The van der Waals surface area contributed by atoms with E-state index >= 15 is 0 Å². The number of benzene rings is 2. The number of para-hydroxylation sites is 1. The minimum atomic E-state index is -0.425. The van der Waals surface area contributed by atoms with Gasteiger partial charge in [0.15, 0.2) is 5.78 Å². The van der Waals surface area contributed by atoms with Gasteiger partial charge in [-0.2, -0.15) is 5.26 Å². The number of thioether (sulfide) groups is 1. The monoisotopic (exact) mass is 450 g/mol. The van der Waals surface area contributed by atoms with Crippen molar-refractivity contribution in [1.29, 1.82) is 5.26 Å². The first-order chi connectivity index (χ1) is 15.1. The minimum Gasteiger partial charge on any atom is -0.494 e. The average molecular weight is 451 g/mol. The third kappa shape index (κ3) is 4.37. The van der Waals surface area contributed by atoms with Gasteiger partial charge in [0.25, 0.3) is 0 Å². The number of ether oxygens (including phenoxy) is 1. The number of rotatable bonds is 6. The van der Waals surface area contributed by atoms with E-state index in [4.69, 9.17) is 16.3 Å². The van der Waals surface area contributed by atoms with Gasteiger partial charge in [-0.05, 0) is 37.5 Å². The molecule has 2 aromatic carbocycles. The Hall–Kier alpha value is -2.68. The van der Waals surface area contributed by atoms with Crippen molar-refractivity contribution in [2.24, 2.45) is 0 Å². The van der Waals surface area contributed by atoms with Crippen LogP contribution in [0.5, 0.6) is 5.75 Å². The van der Waals surface area contributed by atoms with Crippen molar-refractivity contribution in [3.8, 4) is 11.8 Å². The normalized spacial score (nSPS) is 18.4. The van der Waals surface area contributed by atoms with Crippen LogP contribution < -0.4 is 10.1 Å². The van der Waals surface area contributed by atoms with Crippen molar-refractivity contribution in [2.45, 2.75) is 37.9 Å². The van der Waals surface area contributed by atoms with Crippen LogP contribution in [-0.4, -0.2) is 12.4 Å². The summed E-state index contributed by atoms with van der Waals surface area (Å²) in [4.78, 5) is 13.0. The molecule has 6 heteroatoms. The van der Waals surface area contributed by atoms with Crippen LogP contribution in [0.3, 0.4) is 0 Å². The molecular formula is C25H23ClN2O2S. The molecule has 2 aliphatic rings. The summed E-state index contributed by atoms with van der Waals surface area (Å²) in [5, 5.41) is 15.1. The van der Waals surface area contributed by atoms with Crippen LogP contribution in [0.2, 0.25) is 5.02 Å². The summed E-state index contributed by atoms with van der Waals surface area (Å²) in [6.07, 6.45) is 2.12. The smallest absolute Gasteiger partial charge is 0.161 e. The van der Waals surface area contributed by atoms with E-state index < -0.39 is 5.92 Å². The lowest BCUT2D eigenvalue weighted by Gasteiger charge is -2.34. The van der Waals surface area contributed by atoms with E-state index in [1.807, 2.05) is 55.5 Å². The average Bonchev–Trinajstić information content (AvgIpc) is 2.78. The summed E-state index contributed by atoms with van der Waals surface area (Å²) >= 11 is 7.88. The lowest BCUT2D eigenvalue weighted by Crippen LogP contribution is -2.31. The van der Waals surface area contributed by atoms with Crippen LogP contribution >= 0.6 is 23.4 Å². The Morgan fingerprint density at radius 2 is 1.97 bits per heavy atom. The zero-order chi connectivity index (χ0) is 21.8. The molecule has 0 fully saturated rings. The first-order valence-corrected chi connectivity index (χ1v) is 11.8. The standard InChI is InChI=1S/C25H23ClN2O2S/c1-2-30-22-13-6-4-9-17(22)23-18(14-27)25(28-20-11-7-12-21(29)24(20)23)31-15-16-8-3-5-10-19(16)26/h3-6,8-10,13,23,28H,2,7,11-12,15H2,1H3. The number of nitrogens with one attached hydrogen (secondary N) is 1. The summed E-state index contributed by atoms with van der Waals surface area (Å²) in [5.41, 5.74) is 4.05. The maximum absolute atomic E-state index is 13.0. The molecule has 31 heavy (non-hydrogen) atoms. The van der Waals surface area contributed by atoms with Gasteiger partial charge in [-0.25, -0.2) is 0 Å². The molecule has 2 aromatic rings. The van der Waals surface area contributed by atoms with E-state index in [1.54, 1.807) is 11.8 Å². The van der Waals surface area contributed by atoms with E-state index in [1.165, 1.54) is 0 Å². The lowest BCUT2D eigenvalue weighted by atomic mass is 9.76. The Balaban J connectivity index is 1.79. The van der Waals surface area contributed by atoms with Crippen molar-refractivity contribution in [2.75, 3.05) is 6.61 Å². The van der Waals surface area contributed by atoms with Crippen LogP contribution in [0.15, 0.2) is 70.4 Å². The fourth-order valence-corrected chi connectivity index (χ4v) is 5.47. The van der Waals surface area contributed by atoms with E-state index in [0.717, 1.165) is 34.7 Å². The molecule has 0 radical (unpaired) electrons. The molecule has 1 N–H and O–H groups in total. The molecule has 0 spiro atoms. The Bertz CT molecular complexity index is 1120. The molecule has 0 saturated heterocycles. The van der Waals surface area contributed by atoms with Gasteiger partial charge in [0, 0.05) is 34.0 Å². The number of hydrogen-bond donors (Lipinski definition) is 1. The number of carbonyl (C=O) groups is 1. The van der Waals surface area contributed by atoms with Crippen LogP contribution in [0.4, 0.5) is 0 Å². The predicted octanol–water partition coefficient (Wildman–Crippen LogP) is 6.10. The first kappa shape index (κ1) is 21.5. The summed E-state index contributed by atoms with van der Waals surface area (Å²) in [5.74, 6) is 1.02. The second-order valence-electron chi connectivity index (χ2n) is 7.43. The van der Waals surface area contributed by atoms with E-state index in [9.17, 15) is 10.1 Å². The number of carbonyl (C=O) groups excluding carboxylic acids is 1. The molecule has 1 atom stereocenters. The van der Waals surface area contributed by atoms with Crippen molar-refractivity contribution >= 4 is 29.1 Å². The molecule has 0 bridgehead atoms. The number of dihydropyridines is 1. The second-order valence-corrected chi connectivity index (χ2v) is 8.83. The fourth-order valence-electron chi connectivity index (χ4n) is 4.12. The third-order valence-corrected chi connectivity index (χ3v) is 6.96. The van der Waals surface area contributed by atoms with E-state index in [2.05, 4.69) is 11.4 Å². The predicted molar refractivity (Wildman–Crippen MR) is 125 cm³/mol. The molecule has 0 saturated carbocycles. The van der Waals surface area contributed by atoms with Crippen molar-refractivity contribution in [3.63, 3.8) is 0 Å². The zero-order valence-corrected chi connectivity index (χ0v) is 18.9. The molecule has 0 aromatic heterocycles. The largest absolute Gasteiger partial charge is 0.494 e. The Labute approximate surface area is 191 Å². The Kier molecular flexibility index (Phi) is 6.70. The summed E-state index contributed by atoms with van der Waals surface area (Å²) in [7, 11) is 0. The highest BCUT2D eigenvalue weighted by molar-refractivity contribution is 8.02. The summed E-state index contributed by atoms with van der Waals surface area (Å²) in [6, 6.07) is 17.8. The highest BCUT2D eigenvalue weighted by Crippen LogP contribution is 2.46. The van der Waals surface area contributed by atoms with Crippen molar-refractivity contribution < 1.29 is 9.53 Å². The Morgan fingerprint density at radius 1 is 1.19 bits per heavy atom. The second kappa shape index (κ2) is 9.64. The zero-order valence-electron chi connectivity index (χ0n) is 17.3. The van der Waals surface area contributed by atoms with Gasteiger partial charge < -0.3 is 10.1 Å². The molecular weight excluding hydrogens is 428 g/mol. The molecule has 1 unspecified atom stereocenters. The van der Waals surface area contributed by atoms with E-state index in [0.29, 0.717) is 40.7 Å². The van der Waals surface area contributed by atoms with Crippen LogP contribution in [0, 0.1) is 11.3 Å². The maximum Gasteiger partial charge on any atom is 0.161 e. The van der Waals surface area contributed by atoms with Crippen molar-refractivity contribution in [1.82, 2.24) is 5.32 Å².